The number of amides is 1. The van der Waals surface area contributed by atoms with E-state index in [2.05, 4.69) is 12.2 Å². The summed E-state index contributed by atoms with van der Waals surface area (Å²) >= 11 is 0. The minimum Gasteiger partial charge on any atom is -0.354 e. The predicted molar refractivity (Wildman–Crippen MR) is 81.3 cm³/mol. The Balaban J connectivity index is 0.00000180. The van der Waals surface area contributed by atoms with Gasteiger partial charge in [0, 0.05) is 18.5 Å². The first kappa shape index (κ1) is 16.8. The first-order chi connectivity index (χ1) is 8.66. The Morgan fingerprint density at radius 1 is 1.21 bits per heavy atom. The second kappa shape index (κ2) is 8.11. The van der Waals surface area contributed by atoms with Crippen molar-refractivity contribution in [2.45, 2.75) is 64.3 Å². The fraction of sp³-hybridized carbons (Fsp3) is 0.933. The van der Waals surface area contributed by atoms with Gasteiger partial charge >= 0.3 is 0 Å². The summed E-state index contributed by atoms with van der Waals surface area (Å²) in [5.74, 6) is 1.80. The normalized spacial score (nSPS) is 23.3. The van der Waals surface area contributed by atoms with E-state index >= 15 is 0 Å². The van der Waals surface area contributed by atoms with E-state index in [1.165, 1.54) is 44.9 Å². The number of carbonyl (C=O) groups excluding carboxylic acids is 1. The van der Waals surface area contributed by atoms with Gasteiger partial charge in [0.25, 0.3) is 0 Å². The second-order valence-electron chi connectivity index (χ2n) is 6.39. The zero-order chi connectivity index (χ0) is 13.0. The van der Waals surface area contributed by atoms with Gasteiger partial charge in [-0.2, -0.15) is 0 Å². The summed E-state index contributed by atoms with van der Waals surface area (Å²) in [6, 6.07) is 0.177. The van der Waals surface area contributed by atoms with Crippen LogP contribution in [0.25, 0.3) is 0 Å². The van der Waals surface area contributed by atoms with Crippen LogP contribution < -0.4 is 11.1 Å². The molecule has 3 nitrogen and oxygen atoms in total. The van der Waals surface area contributed by atoms with Crippen LogP contribution in [-0.4, -0.2) is 18.5 Å². The lowest BCUT2D eigenvalue weighted by atomic mass is 9.83. The molecule has 0 bridgehead atoms. The van der Waals surface area contributed by atoms with Gasteiger partial charge in [-0.3, -0.25) is 4.79 Å². The summed E-state index contributed by atoms with van der Waals surface area (Å²) in [7, 11) is 0. The van der Waals surface area contributed by atoms with Crippen LogP contribution in [0.4, 0.5) is 0 Å². The molecule has 112 valence electrons. The SMILES string of the molecule is CC(CC1CCCCC1)C(=O)NCC(N)C1CC1.Cl. The Hall–Kier alpha value is -0.280. The molecule has 0 aromatic rings. The van der Waals surface area contributed by atoms with Crippen molar-refractivity contribution in [3.05, 3.63) is 0 Å². The quantitative estimate of drug-likeness (QED) is 0.790. The molecule has 2 unspecified atom stereocenters. The molecule has 0 spiro atoms. The Bertz CT molecular complexity index is 275. The number of hydrogen-bond acceptors (Lipinski definition) is 2. The lowest BCUT2D eigenvalue weighted by molar-refractivity contribution is -0.125. The third kappa shape index (κ3) is 5.70. The van der Waals surface area contributed by atoms with Gasteiger partial charge in [0.15, 0.2) is 0 Å². The average Bonchev–Trinajstić information content (AvgIpc) is 3.21. The molecule has 0 aromatic heterocycles. The van der Waals surface area contributed by atoms with Crippen molar-refractivity contribution in [2.24, 2.45) is 23.5 Å². The van der Waals surface area contributed by atoms with E-state index in [9.17, 15) is 4.79 Å². The summed E-state index contributed by atoms with van der Waals surface area (Å²) in [5.41, 5.74) is 6.00. The molecule has 0 saturated heterocycles. The van der Waals surface area contributed by atoms with Crippen LogP contribution in [0, 0.1) is 17.8 Å². The Morgan fingerprint density at radius 3 is 2.42 bits per heavy atom. The van der Waals surface area contributed by atoms with Gasteiger partial charge in [0.2, 0.25) is 5.91 Å². The van der Waals surface area contributed by atoms with Crippen molar-refractivity contribution < 1.29 is 4.79 Å². The highest BCUT2D eigenvalue weighted by Crippen LogP contribution is 2.31. The molecule has 19 heavy (non-hydrogen) atoms. The minimum absolute atomic E-state index is 0. The third-order valence-electron chi connectivity index (χ3n) is 4.60. The fourth-order valence-electron chi connectivity index (χ4n) is 3.11. The molecule has 3 N–H and O–H groups in total. The van der Waals surface area contributed by atoms with Gasteiger partial charge in [-0.1, -0.05) is 39.0 Å². The van der Waals surface area contributed by atoms with E-state index in [0.717, 1.165) is 12.3 Å². The van der Waals surface area contributed by atoms with Gasteiger partial charge in [-0.05, 0) is 31.1 Å². The average molecular weight is 289 g/mol. The number of nitrogens with one attached hydrogen (secondary N) is 1. The lowest BCUT2D eigenvalue weighted by Gasteiger charge is -2.24. The minimum atomic E-state index is 0. The highest BCUT2D eigenvalue weighted by molar-refractivity contribution is 5.85. The van der Waals surface area contributed by atoms with Crippen LogP contribution >= 0.6 is 12.4 Å². The Morgan fingerprint density at radius 2 is 1.84 bits per heavy atom. The summed E-state index contributed by atoms with van der Waals surface area (Å²) in [4.78, 5) is 12.0. The van der Waals surface area contributed by atoms with Crippen LogP contribution in [0.2, 0.25) is 0 Å². The molecule has 0 aromatic carbocycles. The topological polar surface area (TPSA) is 55.1 Å². The fourth-order valence-corrected chi connectivity index (χ4v) is 3.11. The zero-order valence-corrected chi connectivity index (χ0v) is 12.9. The van der Waals surface area contributed by atoms with Crippen molar-refractivity contribution in [1.82, 2.24) is 5.32 Å². The van der Waals surface area contributed by atoms with E-state index in [-0.39, 0.29) is 30.3 Å². The molecule has 2 fully saturated rings. The van der Waals surface area contributed by atoms with Crippen LogP contribution in [0.15, 0.2) is 0 Å². The standard InChI is InChI=1S/C15H28N2O.ClH/c1-11(9-12-5-3-2-4-6-12)15(18)17-10-14(16)13-7-8-13;/h11-14H,2-10,16H2,1H3,(H,17,18);1H. The van der Waals surface area contributed by atoms with Crippen LogP contribution in [-0.2, 0) is 4.79 Å². The van der Waals surface area contributed by atoms with Crippen LogP contribution in [0.5, 0.6) is 0 Å². The van der Waals surface area contributed by atoms with E-state index in [4.69, 9.17) is 5.73 Å². The molecule has 2 aliphatic rings. The number of hydrogen-bond donors (Lipinski definition) is 2. The smallest absolute Gasteiger partial charge is 0.222 e. The van der Waals surface area contributed by atoms with E-state index in [0.29, 0.717) is 12.5 Å². The first-order valence-corrected chi connectivity index (χ1v) is 7.70. The van der Waals surface area contributed by atoms with Crippen molar-refractivity contribution >= 4 is 18.3 Å². The molecular weight excluding hydrogens is 260 g/mol. The van der Waals surface area contributed by atoms with Gasteiger partial charge in [-0.15, -0.1) is 12.4 Å². The van der Waals surface area contributed by atoms with Gasteiger partial charge in [0.1, 0.15) is 0 Å². The van der Waals surface area contributed by atoms with Crippen LogP contribution in [0.1, 0.15) is 58.3 Å². The number of nitrogens with two attached hydrogens (primary N) is 1. The molecule has 1 amide bonds. The zero-order valence-electron chi connectivity index (χ0n) is 12.1. The second-order valence-corrected chi connectivity index (χ2v) is 6.39. The molecule has 0 aliphatic heterocycles. The molecule has 2 aliphatic carbocycles. The summed E-state index contributed by atoms with van der Waals surface area (Å²) in [5, 5.41) is 3.03. The molecular formula is C15H29ClN2O. The van der Waals surface area contributed by atoms with Crippen LogP contribution in [0.3, 0.4) is 0 Å². The van der Waals surface area contributed by atoms with E-state index < -0.39 is 0 Å². The maximum atomic E-state index is 12.0. The number of carbonyl (C=O) groups is 1. The summed E-state index contributed by atoms with van der Waals surface area (Å²) in [6.45, 7) is 2.73. The van der Waals surface area contributed by atoms with Crippen molar-refractivity contribution in [1.29, 1.82) is 0 Å². The third-order valence-corrected chi connectivity index (χ3v) is 4.60. The summed E-state index contributed by atoms with van der Waals surface area (Å²) < 4.78 is 0. The predicted octanol–water partition coefficient (Wildman–Crippen LogP) is 2.87. The van der Waals surface area contributed by atoms with E-state index in [1.54, 1.807) is 0 Å². The molecule has 0 radical (unpaired) electrons. The van der Waals surface area contributed by atoms with Crippen molar-refractivity contribution in [3.8, 4) is 0 Å². The monoisotopic (exact) mass is 288 g/mol. The van der Waals surface area contributed by atoms with Gasteiger partial charge in [-0.25, -0.2) is 0 Å². The molecule has 2 saturated carbocycles. The molecule has 0 heterocycles. The van der Waals surface area contributed by atoms with Gasteiger partial charge in [0.05, 0.1) is 0 Å². The maximum Gasteiger partial charge on any atom is 0.222 e. The highest BCUT2D eigenvalue weighted by atomic mass is 35.5. The molecule has 2 rings (SSSR count). The van der Waals surface area contributed by atoms with Crippen molar-refractivity contribution in [3.63, 3.8) is 0 Å². The molecule has 2 atom stereocenters. The van der Waals surface area contributed by atoms with Crippen molar-refractivity contribution in [2.75, 3.05) is 6.54 Å². The van der Waals surface area contributed by atoms with E-state index in [1.807, 2.05) is 0 Å². The highest BCUT2D eigenvalue weighted by Gasteiger charge is 2.29. The largest absolute Gasteiger partial charge is 0.354 e. The van der Waals surface area contributed by atoms with Gasteiger partial charge < -0.3 is 11.1 Å². The number of halogens is 1. The first-order valence-electron chi connectivity index (χ1n) is 7.70. The molecule has 4 heteroatoms. The number of rotatable bonds is 6. The Labute approximate surface area is 123 Å². The summed E-state index contributed by atoms with van der Waals surface area (Å²) in [6.07, 6.45) is 10.3. The lowest BCUT2D eigenvalue weighted by Crippen LogP contribution is -2.41. The Kier molecular flexibility index (Phi) is 7.16. The maximum absolute atomic E-state index is 12.0.